The fourth-order valence-corrected chi connectivity index (χ4v) is 3.80. The lowest BCUT2D eigenvalue weighted by atomic mass is 9.76. The SMILES string of the molecule is CCOC(=O)C1(CC)CCN(C2=NOC3(C2)CN(C(=O)O)C3)CC1. The molecule has 2 saturated heterocycles. The molecular formula is C16H25N3O5. The van der Waals surface area contributed by atoms with E-state index >= 15 is 0 Å². The summed E-state index contributed by atoms with van der Waals surface area (Å²) in [6.07, 6.45) is 1.98. The second-order valence-electron chi connectivity index (χ2n) is 6.94. The lowest BCUT2D eigenvalue weighted by Crippen LogP contribution is -2.63. The Morgan fingerprint density at radius 2 is 1.96 bits per heavy atom. The number of esters is 1. The van der Waals surface area contributed by atoms with Crippen molar-refractivity contribution in [3.05, 3.63) is 0 Å². The minimum absolute atomic E-state index is 0.0932. The minimum atomic E-state index is -0.919. The third-order valence-corrected chi connectivity index (χ3v) is 5.52. The highest BCUT2D eigenvalue weighted by Gasteiger charge is 2.53. The van der Waals surface area contributed by atoms with Crippen LogP contribution in [0.1, 0.15) is 39.5 Å². The van der Waals surface area contributed by atoms with Gasteiger partial charge in [-0.15, -0.1) is 0 Å². The Bertz CT molecular complexity index is 548. The molecular weight excluding hydrogens is 314 g/mol. The number of piperidine rings is 1. The molecule has 0 bridgehead atoms. The van der Waals surface area contributed by atoms with Crippen LogP contribution in [0.2, 0.25) is 0 Å². The van der Waals surface area contributed by atoms with Crippen LogP contribution < -0.4 is 0 Å². The predicted molar refractivity (Wildman–Crippen MR) is 85.6 cm³/mol. The van der Waals surface area contributed by atoms with Gasteiger partial charge in [0.2, 0.25) is 0 Å². The fraction of sp³-hybridized carbons (Fsp3) is 0.812. The number of rotatable bonds is 3. The van der Waals surface area contributed by atoms with Gasteiger partial charge >= 0.3 is 12.1 Å². The zero-order valence-electron chi connectivity index (χ0n) is 14.3. The van der Waals surface area contributed by atoms with E-state index in [-0.39, 0.29) is 11.4 Å². The van der Waals surface area contributed by atoms with Crippen molar-refractivity contribution < 1.29 is 24.3 Å². The van der Waals surface area contributed by atoms with Crippen LogP contribution in [0.3, 0.4) is 0 Å². The number of likely N-dealkylation sites (tertiary alicyclic amines) is 2. The van der Waals surface area contributed by atoms with Crippen LogP contribution in [0.15, 0.2) is 5.16 Å². The summed E-state index contributed by atoms with van der Waals surface area (Å²) in [7, 11) is 0. The molecule has 0 atom stereocenters. The van der Waals surface area contributed by atoms with Gasteiger partial charge in [-0.05, 0) is 26.2 Å². The summed E-state index contributed by atoms with van der Waals surface area (Å²) in [4.78, 5) is 32.2. The lowest BCUT2D eigenvalue weighted by Gasteiger charge is -2.44. The Morgan fingerprint density at radius 3 is 2.50 bits per heavy atom. The van der Waals surface area contributed by atoms with Crippen LogP contribution in [0.25, 0.3) is 0 Å². The van der Waals surface area contributed by atoms with Crippen molar-refractivity contribution in [3.8, 4) is 0 Å². The van der Waals surface area contributed by atoms with Crippen molar-refractivity contribution in [2.75, 3.05) is 32.8 Å². The summed E-state index contributed by atoms with van der Waals surface area (Å²) in [6.45, 7) is 6.50. The molecule has 0 saturated carbocycles. The molecule has 0 aliphatic carbocycles. The largest absolute Gasteiger partial charge is 0.466 e. The van der Waals surface area contributed by atoms with Gasteiger partial charge in [0.1, 0.15) is 5.84 Å². The first-order chi connectivity index (χ1) is 11.4. The first kappa shape index (κ1) is 16.9. The molecule has 1 spiro atoms. The van der Waals surface area contributed by atoms with Crippen LogP contribution >= 0.6 is 0 Å². The molecule has 8 heteroatoms. The quantitative estimate of drug-likeness (QED) is 0.784. The number of hydrogen-bond donors (Lipinski definition) is 1. The summed E-state index contributed by atoms with van der Waals surface area (Å²) in [5.41, 5.74) is -0.866. The van der Waals surface area contributed by atoms with E-state index in [1.165, 1.54) is 4.90 Å². The smallest absolute Gasteiger partial charge is 0.407 e. The van der Waals surface area contributed by atoms with E-state index in [1.54, 1.807) is 0 Å². The maximum atomic E-state index is 12.3. The topological polar surface area (TPSA) is 91.7 Å². The number of oxime groups is 1. The Balaban J connectivity index is 1.54. The highest BCUT2D eigenvalue weighted by atomic mass is 16.7. The molecule has 8 nitrogen and oxygen atoms in total. The van der Waals surface area contributed by atoms with Crippen LogP contribution in [-0.4, -0.2) is 71.2 Å². The summed E-state index contributed by atoms with van der Waals surface area (Å²) in [6, 6.07) is 0. The van der Waals surface area contributed by atoms with Crippen molar-refractivity contribution in [1.82, 2.24) is 9.80 Å². The van der Waals surface area contributed by atoms with Gasteiger partial charge in [0.25, 0.3) is 0 Å². The third kappa shape index (κ3) is 2.78. The fourth-order valence-electron chi connectivity index (χ4n) is 3.80. The number of carbonyl (C=O) groups excluding carboxylic acids is 1. The summed E-state index contributed by atoms with van der Waals surface area (Å²) >= 11 is 0. The zero-order chi connectivity index (χ0) is 17.4. The van der Waals surface area contributed by atoms with Gasteiger partial charge in [0, 0.05) is 13.1 Å². The minimum Gasteiger partial charge on any atom is -0.466 e. The van der Waals surface area contributed by atoms with Crippen LogP contribution in [-0.2, 0) is 14.4 Å². The summed E-state index contributed by atoms with van der Waals surface area (Å²) in [5.74, 6) is 0.776. The molecule has 0 radical (unpaired) electrons. The number of carboxylic acid groups (broad SMARTS) is 1. The molecule has 1 amide bonds. The molecule has 3 rings (SSSR count). The Hall–Kier alpha value is -1.99. The van der Waals surface area contributed by atoms with Crippen molar-refractivity contribution in [2.45, 2.75) is 45.1 Å². The molecule has 0 aromatic heterocycles. The van der Waals surface area contributed by atoms with Crippen molar-refractivity contribution in [1.29, 1.82) is 0 Å². The molecule has 3 aliphatic rings. The van der Waals surface area contributed by atoms with E-state index in [0.717, 1.165) is 38.2 Å². The molecule has 3 heterocycles. The number of ether oxygens (including phenoxy) is 1. The maximum absolute atomic E-state index is 12.3. The molecule has 0 aromatic carbocycles. The van der Waals surface area contributed by atoms with Crippen molar-refractivity contribution >= 4 is 17.9 Å². The van der Waals surface area contributed by atoms with Gasteiger partial charge in [-0.2, -0.15) is 0 Å². The summed E-state index contributed by atoms with van der Waals surface area (Å²) in [5, 5.41) is 13.1. The van der Waals surface area contributed by atoms with Crippen LogP contribution in [0.5, 0.6) is 0 Å². The zero-order valence-corrected chi connectivity index (χ0v) is 14.3. The number of nitrogens with zero attached hydrogens (tertiary/aromatic N) is 3. The van der Waals surface area contributed by atoms with Gasteiger partial charge < -0.3 is 19.6 Å². The van der Waals surface area contributed by atoms with E-state index in [0.29, 0.717) is 26.1 Å². The van der Waals surface area contributed by atoms with Gasteiger partial charge in [-0.25, -0.2) is 4.79 Å². The number of amides is 1. The molecule has 24 heavy (non-hydrogen) atoms. The van der Waals surface area contributed by atoms with Crippen molar-refractivity contribution in [3.63, 3.8) is 0 Å². The second kappa shape index (κ2) is 6.14. The molecule has 0 aromatic rings. The van der Waals surface area contributed by atoms with E-state index < -0.39 is 11.7 Å². The third-order valence-electron chi connectivity index (χ3n) is 5.52. The highest BCUT2D eigenvalue weighted by molar-refractivity contribution is 5.85. The first-order valence-electron chi connectivity index (χ1n) is 8.59. The molecule has 2 fully saturated rings. The van der Waals surface area contributed by atoms with E-state index in [9.17, 15) is 9.59 Å². The summed E-state index contributed by atoms with van der Waals surface area (Å²) < 4.78 is 5.26. The lowest BCUT2D eigenvalue weighted by molar-refractivity contribution is -0.158. The first-order valence-corrected chi connectivity index (χ1v) is 8.59. The standard InChI is InChI=1S/C16H25N3O5/c1-3-15(13(20)23-4-2)5-7-18(8-6-15)12-9-16(24-17-12)10-19(11-16)14(21)22/h3-11H2,1-2H3,(H,21,22). The molecule has 1 N–H and O–H groups in total. The molecule has 0 unspecified atom stereocenters. The second-order valence-corrected chi connectivity index (χ2v) is 6.94. The maximum Gasteiger partial charge on any atom is 0.407 e. The van der Waals surface area contributed by atoms with Gasteiger partial charge in [-0.3, -0.25) is 9.69 Å². The van der Waals surface area contributed by atoms with E-state index in [1.807, 2.05) is 13.8 Å². The van der Waals surface area contributed by atoms with Crippen LogP contribution in [0, 0.1) is 5.41 Å². The highest BCUT2D eigenvalue weighted by Crippen LogP contribution is 2.39. The predicted octanol–water partition coefficient (Wildman–Crippen LogP) is 1.51. The molecule has 3 aliphatic heterocycles. The Morgan fingerprint density at radius 1 is 1.29 bits per heavy atom. The number of hydrogen-bond acceptors (Lipinski definition) is 6. The van der Waals surface area contributed by atoms with Crippen molar-refractivity contribution in [2.24, 2.45) is 10.6 Å². The monoisotopic (exact) mass is 339 g/mol. The Labute approximate surface area is 141 Å². The van der Waals surface area contributed by atoms with Gasteiger partial charge in [0.15, 0.2) is 5.60 Å². The van der Waals surface area contributed by atoms with E-state index in [4.69, 9.17) is 14.7 Å². The number of amidine groups is 1. The molecule has 134 valence electrons. The van der Waals surface area contributed by atoms with Crippen LogP contribution in [0.4, 0.5) is 4.79 Å². The van der Waals surface area contributed by atoms with E-state index in [2.05, 4.69) is 10.1 Å². The number of carbonyl (C=O) groups is 2. The van der Waals surface area contributed by atoms with Gasteiger partial charge in [0.05, 0.1) is 31.5 Å². The average Bonchev–Trinajstić information content (AvgIpc) is 2.99. The average molecular weight is 339 g/mol. The Kier molecular flexibility index (Phi) is 4.31. The van der Waals surface area contributed by atoms with Gasteiger partial charge in [-0.1, -0.05) is 12.1 Å². The normalized spacial score (nSPS) is 24.2.